The van der Waals surface area contributed by atoms with E-state index >= 15 is 0 Å². The van der Waals surface area contributed by atoms with Crippen molar-refractivity contribution >= 4 is 6.08 Å². The second kappa shape index (κ2) is 4.43. The van der Waals surface area contributed by atoms with Crippen LogP contribution in [-0.2, 0) is 0 Å². The summed E-state index contributed by atoms with van der Waals surface area (Å²) >= 11 is 0. The van der Waals surface area contributed by atoms with Gasteiger partial charge >= 0.3 is 0 Å². The first-order valence-corrected chi connectivity index (χ1v) is 4.73. The Morgan fingerprint density at radius 3 is 2.00 bits per heavy atom. The van der Waals surface area contributed by atoms with Crippen LogP contribution in [0.25, 0.3) is 6.08 Å². The van der Waals surface area contributed by atoms with Crippen molar-refractivity contribution in [3.8, 4) is 0 Å². The van der Waals surface area contributed by atoms with Crippen LogP contribution in [0.1, 0.15) is 5.56 Å². The molecular formula is C14H12. The lowest BCUT2D eigenvalue weighted by molar-refractivity contribution is 1.63. The molecule has 2 rings (SSSR count). The van der Waals surface area contributed by atoms with E-state index in [1.54, 1.807) is 0 Å². The lowest BCUT2D eigenvalue weighted by atomic mass is 10.1. The predicted octanol–water partition coefficient (Wildman–Crippen LogP) is 3.75. The fraction of sp³-hybridized carbons (Fsp3) is 0. The van der Waals surface area contributed by atoms with Crippen LogP contribution < -0.4 is 0 Å². The number of hydrogen-bond donors (Lipinski definition) is 0. The third-order valence-electron chi connectivity index (χ3n) is 2.04. The van der Waals surface area contributed by atoms with Gasteiger partial charge in [0.1, 0.15) is 0 Å². The molecule has 0 nitrogen and oxygen atoms in total. The zero-order valence-electron chi connectivity index (χ0n) is 7.93. The van der Waals surface area contributed by atoms with E-state index in [0.717, 1.165) is 0 Å². The molecule has 0 radical (unpaired) electrons. The van der Waals surface area contributed by atoms with Gasteiger partial charge in [-0.2, -0.15) is 0 Å². The third-order valence-corrected chi connectivity index (χ3v) is 2.04. The molecule has 0 spiro atoms. The van der Waals surface area contributed by atoms with Gasteiger partial charge in [-0.3, -0.25) is 0 Å². The number of benzene rings is 1. The minimum Gasteiger partial charge on any atom is -0.0622 e. The number of hydrogen-bond acceptors (Lipinski definition) is 0. The largest absolute Gasteiger partial charge is 0.0622 e. The molecule has 0 atom stereocenters. The van der Waals surface area contributed by atoms with Crippen molar-refractivity contribution < 1.29 is 0 Å². The van der Waals surface area contributed by atoms with Gasteiger partial charge in [-0.05, 0) is 17.2 Å². The highest BCUT2D eigenvalue weighted by molar-refractivity contribution is 5.60. The van der Waals surface area contributed by atoms with Gasteiger partial charge in [0.15, 0.2) is 0 Å². The van der Waals surface area contributed by atoms with Crippen LogP contribution in [0.2, 0.25) is 0 Å². The molecule has 1 aliphatic carbocycles. The fourth-order valence-corrected chi connectivity index (χ4v) is 1.36. The fourth-order valence-electron chi connectivity index (χ4n) is 1.36. The SMILES string of the molecule is C1=CC=CC(=Cc2ccccc2)C=C1. The first kappa shape index (κ1) is 8.76. The van der Waals surface area contributed by atoms with E-state index < -0.39 is 0 Å². The van der Waals surface area contributed by atoms with Crippen LogP contribution in [0, 0.1) is 0 Å². The molecule has 0 amide bonds. The van der Waals surface area contributed by atoms with E-state index in [0.29, 0.717) is 0 Å². The summed E-state index contributed by atoms with van der Waals surface area (Å²) in [5, 5.41) is 0. The standard InChI is InChI=1S/C14H12/c1-2-5-9-13(8-4-1)12-14-10-6-3-7-11-14/h1-12H. The summed E-state index contributed by atoms with van der Waals surface area (Å²) in [6.45, 7) is 0. The maximum atomic E-state index is 2.17. The topological polar surface area (TPSA) is 0 Å². The summed E-state index contributed by atoms with van der Waals surface area (Å²) in [7, 11) is 0. The van der Waals surface area contributed by atoms with Crippen molar-refractivity contribution in [2.45, 2.75) is 0 Å². The van der Waals surface area contributed by atoms with E-state index in [2.05, 4.69) is 54.6 Å². The Balaban J connectivity index is 2.27. The van der Waals surface area contributed by atoms with E-state index in [9.17, 15) is 0 Å². The second-order valence-electron chi connectivity index (χ2n) is 3.16. The highest BCUT2D eigenvalue weighted by Gasteiger charge is 1.89. The van der Waals surface area contributed by atoms with Crippen molar-refractivity contribution in [1.82, 2.24) is 0 Å². The first-order chi connectivity index (χ1) is 6.95. The van der Waals surface area contributed by atoms with Crippen molar-refractivity contribution in [1.29, 1.82) is 0 Å². The highest BCUT2D eigenvalue weighted by atomic mass is 13.9. The molecule has 0 saturated heterocycles. The van der Waals surface area contributed by atoms with E-state index in [1.165, 1.54) is 11.1 Å². The summed E-state index contributed by atoms with van der Waals surface area (Å²) in [5.41, 5.74) is 2.46. The third kappa shape index (κ3) is 2.33. The summed E-state index contributed by atoms with van der Waals surface area (Å²) in [4.78, 5) is 0. The van der Waals surface area contributed by atoms with Gasteiger partial charge in [0.25, 0.3) is 0 Å². The van der Waals surface area contributed by atoms with Crippen molar-refractivity contribution in [3.63, 3.8) is 0 Å². The molecule has 0 N–H and O–H groups in total. The molecule has 68 valence electrons. The molecule has 1 aliphatic rings. The zero-order chi connectivity index (χ0) is 9.64. The van der Waals surface area contributed by atoms with Crippen LogP contribution in [0.5, 0.6) is 0 Å². The first-order valence-electron chi connectivity index (χ1n) is 4.73. The van der Waals surface area contributed by atoms with E-state index in [1.807, 2.05) is 18.2 Å². The number of allylic oxidation sites excluding steroid dienone is 7. The van der Waals surface area contributed by atoms with Gasteiger partial charge in [-0.15, -0.1) is 0 Å². The molecular weight excluding hydrogens is 168 g/mol. The average molecular weight is 180 g/mol. The van der Waals surface area contributed by atoms with Crippen molar-refractivity contribution in [2.24, 2.45) is 0 Å². The van der Waals surface area contributed by atoms with E-state index in [4.69, 9.17) is 0 Å². The molecule has 0 heterocycles. The molecule has 0 saturated carbocycles. The van der Waals surface area contributed by atoms with Crippen LogP contribution >= 0.6 is 0 Å². The molecule has 0 unspecified atom stereocenters. The molecule has 0 heteroatoms. The Kier molecular flexibility index (Phi) is 2.77. The molecule has 0 aromatic heterocycles. The summed E-state index contributed by atoms with van der Waals surface area (Å²) < 4.78 is 0. The number of rotatable bonds is 1. The Hall–Kier alpha value is -1.82. The van der Waals surface area contributed by atoms with Crippen molar-refractivity contribution in [3.05, 3.63) is 77.9 Å². The van der Waals surface area contributed by atoms with E-state index in [-0.39, 0.29) is 0 Å². The molecule has 0 fully saturated rings. The van der Waals surface area contributed by atoms with Gasteiger partial charge in [0, 0.05) is 0 Å². The van der Waals surface area contributed by atoms with Crippen molar-refractivity contribution in [2.75, 3.05) is 0 Å². The maximum absolute atomic E-state index is 2.17. The monoisotopic (exact) mass is 180 g/mol. The maximum Gasteiger partial charge on any atom is -0.0251 e. The Labute approximate surface area is 84.6 Å². The molecule has 1 aromatic carbocycles. The Morgan fingerprint density at radius 1 is 0.714 bits per heavy atom. The minimum atomic E-state index is 1.22. The van der Waals surface area contributed by atoms with Gasteiger partial charge in [0.05, 0.1) is 0 Å². The lowest BCUT2D eigenvalue weighted by Crippen LogP contribution is -1.73. The smallest absolute Gasteiger partial charge is 0.0251 e. The summed E-state index contributed by atoms with van der Waals surface area (Å²) in [6.07, 6.45) is 14.5. The zero-order valence-corrected chi connectivity index (χ0v) is 7.93. The minimum absolute atomic E-state index is 1.22. The average Bonchev–Trinajstić information content (AvgIpc) is 2.48. The Bertz CT molecular complexity index is 385. The quantitative estimate of drug-likeness (QED) is 0.617. The van der Waals surface area contributed by atoms with Gasteiger partial charge in [-0.1, -0.05) is 66.8 Å². The molecule has 0 bridgehead atoms. The summed E-state index contributed by atoms with van der Waals surface area (Å²) in [6, 6.07) is 10.3. The highest BCUT2D eigenvalue weighted by Crippen LogP contribution is 2.10. The van der Waals surface area contributed by atoms with Crippen LogP contribution in [0.3, 0.4) is 0 Å². The summed E-state index contributed by atoms with van der Waals surface area (Å²) in [5.74, 6) is 0. The predicted molar refractivity (Wildman–Crippen MR) is 61.8 cm³/mol. The van der Waals surface area contributed by atoms with Gasteiger partial charge in [0.2, 0.25) is 0 Å². The lowest BCUT2D eigenvalue weighted by Gasteiger charge is -1.94. The molecule has 0 aliphatic heterocycles. The molecule has 14 heavy (non-hydrogen) atoms. The van der Waals surface area contributed by atoms with Gasteiger partial charge < -0.3 is 0 Å². The van der Waals surface area contributed by atoms with Crippen LogP contribution in [0.4, 0.5) is 0 Å². The molecule has 1 aromatic rings. The van der Waals surface area contributed by atoms with Crippen LogP contribution in [0.15, 0.2) is 72.4 Å². The normalized spacial score (nSPS) is 14.1. The second-order valence-corrected chi connectivity index (χ2v) is 3.16. The van der Waals surface area contributed by atoms with Crippen LogP contribution in [-0.4, -0.2) is 0 Å². The van der Waals surface area contributed by atoms with Gasteiger partial charge in [-0.25, -0.2) is 0 Å². The Morgan fingerprint density at radius 2 is 1.36 bits per heavy atom.